The Hall–Kier alpha value is -0.980. The van der Waals surface area contributed by atoms with Gasteiger partial charge in [-0.15, -0.1) is 0 Å². The van der Waals surface area contributed by atoms with Crippen molar-refractivity contribution in [3.63, 3.8) is 0 Å². The first-order chi connectivity index (χ1) is 7.06. The SMILES string of the molecule is NCC=NCCCC[C@@](N)(CO)C(=O)O. The van der Waals surface area contributed by atoms with Crippen LogP contribution in [0.5, 0.6) is 0 Å². The summed E-state index contributed by atoms with van der Waals surface area (Å²) >= 11 is 0. The molecule has 0 aromatic rings. The van der Waals surface area contributed by atoms with Crippen molar-refractivity contribution < 1.29 is 15.0 Å². The van der Waals surface area contributed by atoms with E-state index in [9.17, 15) is 4.79 Å². The molecule has 0 saturated heterocycles. The van der Waals surface area contributed by atoms with Crippen LogP contribution in [0.1, 0.15) is 19.3 Å². The monoisotopic (exact) mass is 217 g/mol. The minimum Gasteiger partial charge on any atom is -0.480 e. The molecule has 15 heavy (non-hydrogen) atoms. The summed E-state index contributed by atoms with van der Waals surface area (Å²) in [6.45, 7) is 0.472. The Balaban J connectivity index is 3.73. The number of rotatable bonds is 8. The van der Waals surface area contributed by atoms with E-state index in [0.717, 1.165) is 6.42 Å². The number of hydrogen-bond acceptors (Lipinski definition) is 5. The minimum absolute atomic E-state index is 0.247. The topological polar surface area (TPSA) is 122 Å². The number of aliphatic imine (C=N–C) groups is 1. The standard InChI is InChI=1S/C9H19N3O3/c10-4-6-12-5-2-1-3-9(11,7-13)8(14)15/h6,13H,1-5,7,10-11H2,(H,14,15)/t9-/m1/s1. The van der Waals surface area contributed by atoms with Crippen LogP contribution in [0.25, 0.3) is 0 Å². The molecule has 1 atom stereocenters. The van der Waals surface area contributed by atoms with Crippen LogP contribution >= 0.6 is 0 Å². The van der Waals surface area contributed by atoms with Gasteiger partial charge in [-0.25, -0.2) is 0 Å². The number of aliphatic carboxylic acids is 1. The molecule has 0 fully saturated rings. The Bertz CT molecular complexity index is 221. The number of carboxylic acids is 1. The van der Waals surface area contributed by atoms with Crippen LogP contribution in [-0.2, 0) is 4.79 Å². The van der Waals surface area contributed by atoms with Gasteiger partial charge in [0.2, 0.25) is 0 Å². The molecule has 0 aromatic carbocycles. The van der Waals surface area contributed by atoms with Gasteiger partial charge in [-0.05, 0) is 19.3 Å². The molecule has 0 rings (SSSR count). The summed E-state index contributed by atoms with van der Waals surface area (Å²) in [6.07, 6.45) is 3.21. The highest BCUT2D eigenvalue weighted by molar-refractivity contribution is 5.78. The number of hydrogen-bond donors (Lipinski definition) is 4. The molecule has 0 saturated carbocycles. The van der Waals surface area contributed by atoms with Crippen molar-refractivity contribution in [2.75, 3.05) is 19.7 Å². The first-order valence-electron chi connectivity index (χ1n) is 4.88. The molecule has 0 aliphatic heterocycles. The van der Waals surface area contributed by atoms with E-state index in [1.807, 2.05) is 0 Å². The second kappa shape index (κ2) is 7.33. The Morgan fingerprint density at radius 3 is 2.60 bits per heavy atom. The van der Waals surface area contributed by atoms with Crippen LogP contribution in [-0.4, -0.2) is 47.6 Å². The van der Waals surface area contributed by atoms with E-state index in [1.54, 1.807) is 6.21 Å². The molecule has 0 spiro atoms. The molecule has 6 nitrogen and oxygen atoms in total. The smallest absolute Gasteiger partial charge is 0.326 e. The van der Waals surface area contributed by atoms with Gasteiger partial charge in [-0.1, -0.05) is 0 Å². The zero-order valence-electron chi connectivity index (χ0n) is 8.72. The van der Waals surface area contributed by atoms with E-state index < -0.39 is 18.1 Å². The van der Waals surface area contributed by atoms with Crippen molar-refractivity contribution in [1.29, 1.82) is 0 Å². The third-order valence-corrected chi connectivity index (χ3v) is 2.10. The maximum atomic E-state index is 10.7. The highest BCUT2D eigenvalue weighted by Gasteiger charge is 2.32. The average molecular weight is 217 g/mol. The Kier molecular flexibility index (Phi) is 6.85. The molecular weight excluding hydrogens is 198 g/mol. The van der Waals surface area contributed by atoms with E-state index in [1.165, 1.54) is 0 Å². The molecule has 0 heterocycles. The molecule has 6 N–H and O–H groups in total. The maximum Gasteiger partial charge on any atom is 0.326 e. The van der Waals surface area contributed by atoms with Gasteiger partial charge in [0, 0.05) is 19.3 Å². The van der Waals surface area contributed by atoms with Crippen molar-refractivity contribution in [3.05, 3.63) is 0 Å². The molecule has 0 radical (unpaired) electrons. The molecule has 0 bridgehead atoms. The largest absolute Gasteiger partial charge is 0.480 e. The zero-order valence-corrected chi connectivity index (χ0v) is 8.72. The lowest BCUT2D eigenvalue weighted by molar-refractivity contribution is -0.145. The predicted octanol–water partition coefficient (Wildman–Crippen LogP) is -1.04. The van der Waals surface area contributed by atoms with Gasteiger partial charge in [-0.3, -0.25) is 9.79 Å². The Morgan fingerprint density at radius 1 is 1.47 bits per heavy atom. The lowest BCUT2D eigenvalue weighted by Gasteiger charge is -2.21. The molecule has 0 unspecified atom stereocenters. The van der Waals surface area contributed by atoms with Gasteiger partial charge >= 0.3 is 5.97 Å². The van der Waals surface area contributed by atoms with Crippen LogP contribution in [0.2, 0.25) is 0 Å². The second-order valence-corrected chi connectivity index (χ2v) is 3.40. The number of nitrogens with two attached hydrogens (primary N) is 2. The van der Waals surface area contributed by atoms with Crippen molar-refractivity contribution in [2.45, 2.75) is 24.8 Å². The zero-order chi connectivity index (χ0) is 11.7. The maximum absolute atomic E-state index is 10.7. The highest BCUT2D eigenvalue weighted by Crippen LogP contribution is 2.11. The summed E-state index contributed by atoms with van der Waals surface area (Å²) in [7, 11) is 0. The van der Waals surface area contributed by atoms with Gasteiger partial charge in [0.1, 0.15) is 5.54 Å². The molecule has 6 heteroatoms. The van der Waals surface area contributed by atoms with Crippen LogP contribution in [0.15, 0.2) is 4.99 Å². The molecule has 0 aromatic heterocycles. The van der Waals surface area contributed by atoms with E-state index in [4.69, 9.17) is 21.7 Å². The number of unbranched alkanes of at least 4 members (excludes halogenated alkanes) is 1. The van der Waals surface area contributed by atoms with E-state index in [0.29, 0.717) is 19.5 Å². The fourth-order valence-electron chi connectivity index (χ4n) is 1.06. The normalized spacial score (nSPS) is 15.4. The second-order valence-electron chi connectivity index (χ2n) is 3.40. The fourth-order valence-corrected chi connectivity index (χ4v) is 1.06. The van der Waals surface area contributed by atoms with Gasteiger partial charge in [0.05, 0.1) is 6.61 Å². The lowest BCUT2D eigenvalue weighted by atomic mass is 9.95. The third kappa shape index (κ3) is 5.46. The summed E-state index contributed by atoms with van der Waals surface area (Å²) in [4.78, 5) is 14.7. The highest BCUT2D eigenvalue weighted by atomic mass is 16.4. The van der Waals surface area contributed by atoms with E-state index in [-0.39, 0.29) is 6.42 Å². The fraction of sp³-hybridized carbons (Fsp3) is 0.778. The van der Waals surface area contributed by atoms with Gasteiger partial charge in [0.15, 0.2) is 0 Å². The number of carboxylic acid groups (broad SMARTS) is 1. The number of aliphatic hydroxyl groups excluding tert-OH is 1. The predicted molar refractivity (Wildman–Crippen MR) is 57.9 cm³/mol. The summed E-state index contributed by atoms with van der Waals surface area (Å²) < 4.78 is 0. The minimum atomic E-state index is -1.52. The molecule has 0 aliphatic rings. The van der Waals surface area contributed by atoms with Gasteiger partial charge in [-0.2, -0.15) is 0 Å². The van der Waals surface area contributed by atoms with Crippen molar-refractivity contribution in [3.8, 4) is 0 Å². The quantitative estimate of drug-likeness (QED) is 0.305. The number of carbonyl (C=O) groups is 1. The van der Waals surface area contributed by atoms with Crippen LogP contribution in [0.3, 0.4) is 0 Å². The first-order valence-corrected chi connectivity index (χ1v) is 4.88. The van der Waals surface area contributed by atoms with Gasteiger partial charge in [0.25, 0.3) is 0 Å². The number of nitrogens with zero attached hydrogens (tertiary/aromatic N) is 1. The van der Waals surface area contributed by atoms with Crippen LogP contribution in [0, 0.1) is 0 Å². The van der Waals surface area contributed by atoms with Gasteiger partial charge < -0.3 is 21.7 Å². The van der Waals surface area contributed by atoms with E-state index in [2.05, 4.69) is 4.99 Å². The van der Waals surface area contributed by atoms with E-state index >= 15 is 0 Å². The molecule has 0 amide bonds. The number of aliphatic hydroxyl groups is 1. The molecule has 0 aliphatic carbocycles. The summed E-state index contributed by atoms with van der Waals surface area (Å²) in [6, 6.07) is 0. The van der Waals surface area contributed by atoms with Crippen molar-refractivity contribution in [1.82, 2.24) is 0 Å². The third-order valence-electron chi connectivity index (χ3n) is 2.10. The lowest BCUT2D eigenvalue weighted by Crippen LogP contribution is -2.51. The van der Waals surface area contributed by atoms with Crippen LogP contribution < -0.4 is 11.5 Å². The van der Waals surface area contributed by atoms with Crippen LogP contribution in [0.4, 0.5) is 0 Å². The van der Waals surface area contributed by atoms with Crippen molar-refractivity contribution >= 4 is 12.2 Å². The summed E-state index contributed by atoms with van der Waals surface area (Å²) in [5.74, 6) is -1.17. The first kappa shape index (κ1) is 14.0. The molecular formula is C9H19N3O3. The molecule has 88 valence electrons. The van der Waals surface area contributed by atoms with Crippen molar-refractivity contribution in [2.24, 2.45) is 16.5 Å². The summed E-state index contributed by atoms with van der Waals surface area (Å²) in [5, 5.41) is 17.6. The summed E-state index contributed by atoms with van der Waals surface area (Å²) in [5.41, 5.74) is 9.15. The Labute approximate surface area is 89.0 Å². The Morgan fingerprint density at radius 2 is 2.13 bits per heavy atom. The average Bonchev–Trinajstić information content (AvgIpc) is 2.22.